The maximum Gasteiger partial charge on any atom is 0.407 e. The molecule has 3 N–H and O–H groups in total. The van der Waals surface area contributed by atoms with Crippen LogP contribution in [0.3, 0.4) is 0 Å². The van der Waals surface area contributed by atoms with Crippen LogP contribution in [0.2, 0.25) is 0 Å². The molecule has 1 aliphatic carbocycles. The zero-order valence-electron chi connectivity index (χ0n) is 19.2. The first-order valence-electron chi connectivity index (χ1n) is 11.1. The third kappa shape index (κ3) is 6.10. The van der Waals surface area contributed by atoms with E-state index < -0.39 is 30.4 Å². The Bertz CT molecular complexity index is 962. The summed E-state index contributed by atoms with van der Waals surface area (Å²) in [6, 6.07) is 15.0. The predicted octanol–water partition coefficient (Wildman–Crippen LogP) is 2.82. The van der Waals surface area contributed by atoms with Gasteiger partial charge >= 0.3 is 12.1 Å². The highest BCUT2D eigenvalue weighted by Crippen LogP contribution is 2.44. The molecule has 0 spiro atoms. The Hall–Kier alpha value is -3.39. The predicted molar refractivity (Wildman–Crippen MR) is 125 cm³/mol. The average molecular weight is 454 g/mol. The molecule has 1 atom stereocenters. The van der Waals surface area contributed by atoms with Crippen LogP contribution in [0, 0.1) is 0 Å². The fraction of sp³-hybridized carbons (Fsp3) is 0.400. The minimum Gasteiger partial charge on any atom is -0.481 e. The number of benzene rings is 2. The Morgan fingerprint density at radius 3 is 2.15 bits per heavy atom. The first-order chi connectivity index (χ1) is 15.8. The normalized spacial score (nSPS) is 13.4. The monoisotopic (exact) mass is 453 g/mol. The second-order valence-electron chi connectivity index (χ2n) is 8.49. The number of carboxylic acids is 1. The second-order valence-corrected chi connectivity index (χ2v) is 8.49. The van der Waals surface area contributed by atoms with E-state index >= 15 is 0 Å². The molecule has 2 aromatic carbocycles. The van der Waals surface area contributed by atoms with E-state index in [-0.39, 0.29) is 12.5 Å². The van der Waals surface area contributed by atoms with Crippen molar-refractivity contribution < 1.29 is 24.2 Å². The van der Waals surface area contributed by atoms with Crippen molar-refractivity contribution in [3.8, 4) is 11.1 Å². The summed E-state index contributed by atoms with van der Waals surface area (Å²) >= 11 is 0. The lowest BCUT2D eigenvalue weighted by Gasteiger charge is -2.22. The van der Waals surface area contributed by atoms with Crippen LogP contribution in [0.4, 0.5) is 4.79 Å². The number of aliphatic carboxylic acids is 1. The van der Waals surface area contributed by atoms with Gasteiger partial charge in [0.15, 0.2) is 0 Å². The molecule has 3 rings (SSSR count). The summed E-state index contributed by atoms with van der Waals surface area (Å²) in [4.78, 5) is 38.2. The largest absolute Gasteiger partial charge is 0.481 e. The number of likely N-dealkylation sites (N-methyl/N-ethyl adjacent to an activating group) is 1. The van der Waals surface area contributed by atoms with Crippen molar-refractivity contribution in [2.75, 3.05) is 26.7 Å². The van der Waals surface area contributed by atoms with Crippen LogP contribution in [0.1, 0.15) is 37.3 Å². The molecular formula is C25H31N3O5. The molecule has 8 heteroatoms. The third-order valence-corrected chi connectivity index (χ3v) is 5.98. The molecule has 8 nitrogen and oxygen atoms in total. The van der Waals surface area contributed by atoms with Crippen LogP contribution in [0.25, 0.3) is 11.1 Å². The number of fused-ring (bicyclic) bond motifs is 3. The number of carbonyl (C=O) groups is 3. The molecule has 2 amide bonds. The van der Waals surface area contributed by atoms with Gasteiger partial charge in [0, 0.05) is 25.0 Å². The molecule has 176 valence electrons. The molecule has 0 aromatic heterocycles. The second kappa shape index (κ2) is 11.0. The summed E-state index contributed by atoms with van der Waals surface area (Å²) in [5.74, 6) is -1.86. The van der Waals surface area contributed by atoms with Gasteiger partial charge in [0.25, 0.3) is 0 Å². The molecule has 0 bridgehead atoms. The minimum atomic E-state index is -1.22. The van der Waals surface area contributed by atoms with Crippen molar-refractivity contribution in [1.82, 2.24) is 15.5 Å². The summed E-state index contributed by atoms with van der Waals surface area (Å²) in [5, 5.41) is 14.3. The van der Waals surface area contributed by atoms with Crippen molar-refractivity contribution in [2.24, 2.45) is 0 Å². The van der Waals surface area contributed by atoms with Crippen LogP contribution in [0.5, 0.6) is 0 Å². The van der Waals surface area contributed by atoms with Crippen LogP contribution in [-0.2, 0) is 14.3 Å². The van der Waals surface area contributed by atoms with E-state index in [1.54, 1.807) is 0 Å². The van der Waals surface area contributed by atoms with E-state index in [0.717, 1.165) is 22.3 Å². The smallest absolute Gasteiger partial charge is 0.407 e. The number of carbonyl (C=O) groups excluding carboxylic acids is 2. The maximum atomic E-state index is 12.5. The lowest BCUT2D eigenvalue weighted by molar-refractivity contribution is -0.139. The summed E-state index contributed by atoms with van der Waals surface area (Å²) in [6.45, 7) is 5.10. The molecule has 0 aliphatic heterocycles. The van der Waals surface area contributed by atoms with Gasteiger partial charge in [0.1, 0.15) is 12.6 Å². The van der Waals surface area contributed by atoms with Crippen molar-refractivity contribution in [3.05, 3.63) is 59.7 Å². The highest BCUT2D eigenvalue weighted by Gasteiger charge is 2.30. The molecule has 0 saturated carbocycles. The van der Waals surface area contributed by atoms with E-state index in [9.17, 15) is 19.5 Å². The standard InChI is InChI=1S/C25H31N3O5/c1-16(2)28(3)13-12-26-24(31)22(14-23(29)30)27-25(32)33-15-21-19-10-6-4-8-17(19)18-9-5-7-11-20(18)21/h4-11,16,21-22H,12-15H2,1-3H3,(H,26,31)(H,27,32)(H,29,30). The number of hydrogen-bond donors (Lipinski definition) is 3. The Morgan fingerprint density at radius 1 is 1.03 bits per heavy atom. The fourth-order valence-electron chi connectivity index (χ4n) is 3.90. The van der Waals surface area contributed by atoms with Gasteiger partial charge in [-0.2, -0.15) is 0 Å². The number of hydrogen-bond acceptors (Lipinski definition) is 5. The number of amides is 2. The highest BCUT2D eigenvalue weighted by atomic mass is 16.5. The van der Waals surface area contributed by atoms with E-state index in [1.807, 2.05) is 74.3 Å². The number of nitrogens with zero attached hydrogens (tertiary/aromatic N) is 1. The number of nitrogens with one attached hydrogen (secondary N) is 2. The minimum absolute atomic E-state index is 0.0838. The first kappa shape index (κ1) is 24.3. The van der Waals surface area contributed by atoms with E-state index in [0.29, 0.717) is 19.1 Å². The van der Waals surface area contributed by atoms with E-state index in [4.69, 9.17) is 4.74 Å². The summed E-state index contributed by atoms with van der Waals surface area (Å²) in [6.07, 6.45) is -1.35. The average Bonchev–Trinajstić information content (AvgIpc) is 3.10. The Kier molecular flexibility index (Phi) is 8.06. The molecule has 0 radical (unpaired) electrons. The lowest BCUT2D eigenvalue weighted by atomic mass is 9.98. The van der Waals surface area contributed by atoms with Gasteiger partial charge in [-0.25, -0.2) is 4.79 Å². The van der Waals surface area contributed by atoms with Crippen LogP contribution < -0.4 is 10.6 Å². The zero-order chi connectivity index (χ0) is 24.0. The van der Waals surface area contributed by atoms with Gasteiger partial charge in [-0.3, -0.25) is 9.59 Å². The van der Waals surface area contributed by atoms with Gasteiger partial charge in [-0.15, -0.1) is 0 Å². The molecule has 1 unspecified atom stereocenters. The first-order valence-corrected chi connectivity index (χ1v) is 11.1. The summed E-state index contributed by atoms with van der Waals surface area (Å²) in [7, 11) is 1.93. The molecular weight excluding hydrogens is 422 g/mol. The van der Waals surface area contributed by atoms with Gasteiger partial charge in [-0.05, 0) is 43.1 Å². The highest BCUT2D eigenvalue weighted by molar-refractivity contribution is 5.89. The van der Waals surface area contributed by atoms with Crippen molar-refractivity contribution >= 4 is 18.0 Å². The SMILES string of the molecule is CC(C)N(C)CCNC(=O)C(CC(=O)O)NC(=O)OCC1c2ccccc2-c2ccccc21. The lowest BCUT2D eigenvalue weighted by Crippen LogP contribution is -2.49. The summed E-state index contributed by atoms with van der Waals surface area (Å²) < 4.78 is 5.44. The van der Waals surface area contributed by atoms with Gasteiger partial charge in [-0.1, -0.05) is 48.5 Å². The Morgan fingerprint density at radius 2 is 1.61 bits per heavy atom. The van der Waals surface area contributed by atoms with Crippen LogP contribution in [-0.4, -0.2) is 66.8 Å². The molecule has 2 aromatic rings. The zero-order valence-corrected chi connectivity index (χ0v) is 19.2. The quantitative estimate of drug-likeness (QED) is 0.511. The van der Waals surface area contributed by atoms with E-state index in [2.05, 4.69) is 10.6 Å². The van der Waals surface area contributed by atoms with Gasteiger partial charge in [0.05, 0.1) is 6.42 Å². The van der Waals surface area contributed by atoms with Crippen molar-refractivity contribution in [1.29, 1.82) is 0 Å². The maximum absolute atomic E-state index is 12.5. The number of ether oxygens (including phenoxy) is 1. The van der Waals surface area contributed by atoms with E-state index in [1.165, 1.54) is 0 Å². The van der Waals surface area contributed by atoms with Crippen LogP contribution >= 0.6 is 0 Å². The van der Waals surface area contributed by atoms with Crippen LogP contribution in [0.15, 0.2) is 48.5 Å². The van der Waals surface area contributed by atoms with Crippen molar-refractivity contribution in [2.45, 2.75) is 38.3 Å². The molecule has 0 saturated heterocycles. The Labute approximate surface area is 193 Å². The molecule has 33 heavy (non-hydrogen) atoms. The summed E-state index contributed by atoms with van der Waals surface area (Å²) in [5.41, 5.74) is 4.36. The molecule has 0 heterocycles. The number of carboxylic acid groups (broad SMARTS) is 1. The third-order valence-electron chi connectivity index (χ3n) is 5.98. The fourth-order valence-corrected chi connectivity index (χ4v) is 3.90. The van der Waals surface area contributed by atoms with Gasteiger partial charge < -0.3 is 25.4 Å². The van der Waals surface area contributed by atoms with Crippen molar-refractivity contribution in [3.63, 3.8) is 0 Å². The molecule has 0 fully saturated rings. The van der Waals surface area contributed by atoms with Gasteiger partial charge in [0.2, 0.25) is 5.91 Å². The number of alkyl carbamates (subject to hydrolysis) is 1. The molecule has 1 aliphatic rings. The Balaban J connectivity index is 1.59. The number of rotatable bonds is 10. The topological polar surface area (TPSA) is 108 Å².